The van der Waals surface area contributed by atoms with Crippen LogP contribution in [0.3, 0.4) is 0 Å². The zero-order chi connectivity index (χ0) is 20.6. The number of rotatable bonds is 6. The lowest BCUT2D eigenvalue weighted by molar-refractivity contribution is 0.323. The minimum absolute atomic E-state index is 0.227. The summed E-state index contributed by atoms with van der Waals surface area (Å²) in [5, 5.41) is 18.6. The van der Waals surface area contributed by atoms with Crippen LogP contribution in [0.15, 0.2) is 60.0 Å². The molecule has 4 nitrogen and oxygen atoms in total. The van der Waals surface area contributed by atoms with Gasteiger partial charge in [0.1, 0.15) is 17.2 Å². The van der Waals surface area contributed by atoms with Crippen molar-refractivity contribution in [1.82, 2.24) is 4.98 Å². The first-order valence-corrected chi connectivity index (χ1v) is 10.1. The predicted molar refractivity (Wildman–Crippen MR) is 113 cm³/mol. The van der Waals surface area contributed by atoms with Crippen molar-refractivity contribution in [2.45, 2.75) is 51.9 Å². The summed E-state index contributed by atoms with van der Waals surface area (Å²) >= 11 is 0. The number of hydrogen-bond acceptors (Lipinski definition) is 4. The molecule has 0 N–H and O–H groups in total. The molecule has 0 saturated carbocycles. The summed E-state index contributed by atoms with van der Waals surface area (Å²) in [6, 6.07) is 15.6. The molecule has 0 radical (unpaired) electrons. The maximum Gasteiger partial charge on any atom is 0.148 e. The van der Waals surface area contributed by atoms with Crippen LogP contribution in [0.5, 0.6) is 0 Å². The zero-order valence-electron chi connectivity index (χ0n) is 17.0. The van der Waals surface area contributed by atoms with E-state index in [4.69, 9.17) is 4.74 Å². The number of pyridine rings is 1. The third-order valence-electron chi connectivity index (χ3n) is 5.23. The number of benzene rings is 1. The Hall–Kier alpha value is -3.37. The van der Waals surface area contributed by atoms with Gasteiger partial charge in [0.15, 0.2) is 0 Å². The van der Waals surface area contributed by atoms with Crippen LogP contribution in [-0.2, 0) is 4.74 Å². The highest BCUT2D eigenvalue weighted by Gasteiger charge is 2.24. The molecule has 0 fully saturated rings. The molecule has 0 aliphatic heterocycles. The summed E-state index contributed by atoms with van der Waals surface area (Å²) in [7, 11) is 0. The highest BCUT2D eigenvalue weighted by atomic mass is 16.5. The molecule has 2 aromatic rings. The van der Waals surface area contributed by atoms with Gasteiger partial charge in [-0.25, -0.2) is 0 Å². The molecule has 3 rings (SSSR count). The van der Waals surface area contributed by atoms with Crippen LogP contribution in [0.4, 0.5) is 0 Å². The SMILES string of the molecule is CCCC=C(OC1=C(C)CCC(c2cc(C#N)cc(C#N)c2)C1)c1ccccn1. The Bertz CT molecular complexity index is 974. The molecule has 29 heavy (non-hydrogen) atoms. The number of nitriles is 2. The highest BCUT2D eigenvalue weighted by molar-refractivity contribution is 5.57. The molecule has 4 heteroatoms. The van der Waals surface area contributed by atoms with Crippen LogP contribution in [-0.4, -0.2) is 4.98 Å². The number of unbranched alkanes of at least 4 members (excludes halogenated alkanes) is 1. The van der Waals surface area contributed by atoms with Gasteiger partial charge in [-0.15, -0.1) is 0 Å². The molecular weight excluding hydrogens is 358 g/mol. The lowest BCUT2D eigenvalue weighted by atomic mass is 9.83. The summed E-state index contributed by atoms with van der Waals surface area (Å²) in [4.78, 5) is 4.46. The Morgan fingerprint density at radius 3 is 2.59 bits per heavy atom. The highest BCUT2D eigenvalue weighted by Crippen LogP contribution is 2.39. The van der Waals surface area contributed by atoms with Gasteiger partial charge in [-0.1, -0.05) is 19.4 Å². The molecule has 0 amide bonds. The van der Waals surface area contributed by atoms with E-state index in [1.165, 1.54) is 5.57 Å². The van der Waals surface area contributed by atoms with Crippen molar-refractivity contribution in [3.05, 3.63) is 82.4 Å². The third kappa shape index (κ3) is 5.12. The predicted octanol–water partition coefficient (Wildman–Crippen LogP) is 6.22. The molecule has 1 aliphatic rings. The van der Waals surface area contributed by atoms with E-state index in [0.717, 1.165) is 54.9 Å². The standard InChI is InChI=1S/C25H25N3O/c1-3-4-8-24(23-7-5-6-11-28-23)29-25-15-21(10-9-18(25)2)22-13-19(16-26)12-20(14-22)17-27/h5-8,11-14,21H,3-4,9-10,15H2,1-2H3. The Morgan fingerprint density at radius 2 is 1.97 bits per heavy atom. The molecular formula is C25H25N3O. The summed E-state index contributed by atoms with van der Waals surface area (Å²) in [5.41, 5.74) is 4.18. The van der Waals surface area contributed by atoms with Crippen molar-refractivity contribution < 1.29 is 4.74 Å². The van der Waals surface area contributed by atoms with Gasteiger partial charge in [0.25, 0.3) is 0 Å². The molecule has 1 aromatic carbocycles. The molecule has 0 saturated heterocycles. The average molecular weight is 383 g/mol. The zero-order valence-corrected chi connectivity index (χ0v) is 17.0. The minimum Gasteiger partial charge on any atom is -0.460 e. The number of ether oxygens (including phenoxy) is 1. The first-order valence-electron chi connectivity index (χ1n) is 10.1. The monoisotopic (exact) mass is 383 g/mol. The van der Waals surface area contributed by atoms with Crippen molar-refractivity contribution in [3.63, 3.8) is 0 Å². The largest absolute Gasteiger partial charge is 0.460 e. The number of hydrogen-bond donors (Lipinski definition) is 0. The summed E-state index contributed by atoms with van der Waals surface area (Å²) < 4.78 is 6.40. The first-order chi connectivity index (χ1) is 14.1. The minimum atomic E-state index is 0.227. The Labute approximate surface area is 172 Å². The van der Waals surface area contributed by atoms with Gasteiger partial charge in [0, 0.05) is 12.6 Å². The maximum absolute atomic E-state index is 9.29. The summed E-state index contributed by atoms with van der Waals surface area (Å²) in [5.74, 6) is 1.99. The molecule has 1 unspecified atom stereocenters. The summed E-state index contributed by atoms with van der Waals surface area (Å²) in [6.45, 7) is 4.26. The molecule has 1 atom stereocenters. The molecule has 1 aromatic heterocycles. The van der Waals surface area contributed by atoms with Crippen molar-refractivity contribution in [2.24, 2.45) is 0 Å². The number of allylic oxidation sites excluding steroid dienone is 3. The van der Waals surface area contributed by atoms with Crippen LogP contribution < -0.4 is 0 Å². The number of nitrogens with zero attached hydrogens (tertiary/aromatic N) is 3. The van der Waals surface area contributed by atoms with E-state index in [9.17, 15) is 10.5 Å². The van der Waals surface area contributed by atoms with E-state index in [0.29, 0.717) is 11.1 Å². The molecule has 1 heterocycles. The van der Waals surface area contributed by atoms with E-state index in [1.54, 1.807) is 12.3 Å². The Kier molecular flexibility index (Phi) is 6.82. The molecule has 0 bridgehead atoms. The smallest absolute Gasteiger partial charge is 0.148 e. The van der Waals surface area contributed by atoms with Crippen molar-refractivity contribution in [1.29, 1.82) is 10.5 Å². The van der Waals surface area contributed by atoms with Gasteiger partial charge in [-0.3, -0.25) is 4.98 Å². The van der Waals surface area contributed by atoms with E-state index < -0.39 is 0 Å². The van der Waals surface area contributed by atoms with E-state index in [2.05, 4.69) is 37.0 Å². The van der Waals surface area contributed by atoms with Gasteiger partial charge in [-0.05, 0) is 79.6 Å². The average Bonchev–Trinajstić information content (AvgIpc) is 2.77. The van der Waals surface area contributed by atoms with Gasteiger partial charge in [0.2, 0.25) is 0 Å². The van der Waals surface area contributed by atoms with E-state index in [1.807, 2.05) is 30.3 Å². The molecule has 0 spiro atoms. The van der Waals surface area contributed by atoms with Crippen LogP contribution in [0.1, 0.15) is 74.3 Å². The van der Waals surface area contributed by atoms with Crippen molar-refractivity contribution in [3.8, 4) is 12.1 Å². The topological polar surface area (TPSA) is 69.7 Å². The van der Waals surface area contributed by atoms with E-state index in [-0.39, 0.29) is 5.92 Å². The lowest BCUT2D eigenvalue weighted by Crippen LogP contribution is -2.11. The molecule has 1 aliphatic carbocycles. The fourth-order valence-corrected chi connectivity index (χ4v) is 3.58. The van der Waals surface area contributed by atoms with Crippen LogP contribution >= 0.6 is 0 Å². The van der Waals surface area contributed by atoms with Gasteiger partial charge < -0.3 is 4.74 Å². The van der Waals surface area contributed by atoms with Gasteiger partial charge in [0.05, 0.1) is 23.3 Å². The Morgan fingerprint density at radius 1 is 1.21 bits per heavy atom. The van der Waals surface area contributed by atoms with Gasteiger partial charge in [-0.2, -0.15) is 10.5 Å². The fourth-order valence-electron chi connectivity index (χ4n) is 3.58. The van der Waals surface area contributed by atoms with E-state index >= 15 is 0 Å². The third-order valence-corrected chi connectivity index (χ3v) is 5.23. The normalized spacial score (nSPS) is 16.8. The second kappa shape index (κ2) is 9.71. The summed E-state index contributed by atoms with van der Waals surface area (Å²) in [6.07, 6.45) is 8.52. The fraction of sp³-hybridized carbons (Fsp3) is 0.320. The van der Waals surface area contributed by atoms with Crippen LogP contribution in [0, 0.1) is 22.7 Å². The first kappa shape index (κ1) is 20.4. The van der Waals surface area contributed by atoms with Crippen molar-refractivity contribution in [2.75, 3.05) is 0 Å². The number of aromatic nitrogens is 1. The quantitative estimate of drug-likeness (QED) is 0.555. The van der Waals surface area contributed by atoms with Gasteiger partial charge >= 0.3 is 0 Å². The maximum atomic E-state index is 9.29. The van der Waals surface area contributed by atoms with Crippen molar-refractivity contribution >= 4 is 5.76 Å². The Balaban J connectivity index is 1.87. The second-order valence-electron chi connectivity index (χ2n) is 7.38. The van der Waals surface area contributed by atoms with Crippen LogP contribution in [0.2, 0.25) is 0 Å². The lowest BCUT2D eigenvalue weighted by Gasteiger charge is -2.27. The molecule has 146 valence electrons. The van der Waals surface area contributed by atoms with Crippen LogP contribution in [0.25, 0.3) is 5.76 Å². The second-order valence-corrected chi connectivity index (χ2v) is 7.38.